The first-order valence-corrected chi connectivity index (χ1v) is 9.97. The first-order chi connectivity index (χ1) is 11.3. The Balaban J connectivity index is 2.15. The fourth-order valence-electron chi connectivity index (χ4n) is 3.21. The number of carboxylic acid groups (broad SMARTS) is 1. The lowest BCUT2D eigenvalue weighted by Crippen LogP contribution is -2.54. The average molecular weight is 375 g/mol. The van der Waals surface area contributed by atoms with E-state index in [0.29, 0.717) is 12.2 Å². The molecule has 8 heteroatoms. The maximum absolute atomic E-state index is 12.9. The smallest absolute Gasteiger partial charge is 0.327 e. The average Bonchev–Trinajstić information content (AvgIpc) is 2.90. The van der Waals surface area contributed by atoms with E-state index in [1.165, 1.54) is 16.7 Å². The minimum atomic E-state index is -0.982. The van der Waals surface area contributed by atoms with Crippen LogP contribution < -0.4 is 5.32 Å². The summed E-state index contributed by atoms with van der Waals surface area (Å²) in [6, 6.07) is -1.48. The van der Waals surface area contributed by atoms with Crippen LogP contribution in [0.4, 0.5) is 0 Å². The van der Waals surface area contributed by atoms with Crippen molar-refractivity contribution in [2.24, 2.45) is 11.8 Å². The molecule has 0 bridgehead atoms. The molecule has 0 saturated carbocycles. The highest BCUT2D eigenvalue weighted by Gasteiger charge is 2.47. The molecule has 2 heterocycles. The zero-order valence-corrected chi connectivity index (χ0v) is 16.0. The van der Waals surface area contributed by atoms with Crippen LogP contribution in [-0.2, 0) is 14.4 Å². The molecular formula is C16H26N2O4S2. The molecule has 0 spiro atoms. The van der Waals surface area contributed by atoms with E-state index in [2.05, 4.69) is 17.9 Å². The first kappa shape index (κ1) is 19.4. The lowest BCUT2D eigenvalue weighted by atomic mass is 9.99. The van der Waals surface area contributed by atoms with Gasteiger partial charge >= 0.3 is 5.97 Å². The molecule has 2 aliphatic heterocycles. The van der Waals surface area contributed by atoms with Crippen molar-refractivity contribution in [2.45, 2.75) is 62.7 Å². The van der Waals surface area contributed by atoms with Gasteiger partial charge in [0.1, 0.15) is 12.1 Å². The zero-order valence-electron chi connectivity index (χ0n) is 14.3. The summed E-state index contributed by atoms with van der Waals surface area (Å²) in [6.07, 6.45) is 2.11. The Labute approximate surface area is 152 Å². The Morgan fingerprint density at radius 1 is 1.46 bits per heavy atom. The molecule has 0 aromatic carbocycles. The van der Waals surface area contributed by atoms with Gasteiger partial charge in [-0.1, -0.05) is 27.2 Å². The quantitative estimate of drug-likeness (QED) is 0.637. The minimum absolute atomic E-state index is 0.105. The summed E-state index contributed by atoms with van der Waals surface area (Å²) in [6.45, 7) is 5.98. The number of aliphatic carboxylic acids is 1. The Bertz CT molecular complexity index is 516. The van der Waals surface area contributed by atoms with Crippen LogP contribution in [0.15, 0.2) is 0 Å². The van der Waals surface area contributed by atoms with Crippen LogP contribution in [0.3, 0.4) is 0 Å². The fourth-order valence-corrected chi connectivity index (χ4v) is 5.08. The summed E-state index contributed by atoms with van der Waals surface area (Å²) in [4.78, 5) is 38.2. The number of nitrogens with one attached hydrogen (secondary N) is 1. The van der Waals surface area contributed by atoms with Gasteiger partial charge in [0.05, 0.1) is 10.6 Å². The van der Waals surface area contributed by atoms with Gasteiger partial charge in [0.2, 0.25) is 11.8 Å². The Morgan fingerprint density at radius 3 is 2.71 bits per heavy atom. The third-order valence-electron chi connectivity index (χ3n) is 4.94. The van der Waals surface area contributed by atoms with Crippen LogP contribution in [0, 0.1) is 11.8 Å². The number of nitrogens with zero attached hydrogens (tertiary/aromatic N) is 1. The van der Waals surface area contributed by atoms with Gasteiger partial charge in [0.15, 0.2) is 0 Å². The maximum atomic E-state index is 12.9. The largest absolute Gasteiger partial charge is 0.480 e. The Morgan fingerprint density at radius 2 is 2.12 bits per heavy atom. The standard InChI is InChI=1S/C16H26N2O4S2/c1-4-9(3)13(23)14(19)17-10-5-8(2)6-12-18(15(10)20)11(7-24-12)16(21)22/h8-13,23H,4-7H2,1-3H3,(H,17,19)(H,21,22)/t8-,9+,10+,11+,12-,13+/m1/s1. The molecule has 0 unspecified atom stereocenters. The molecule has 6 nitrogen and oxygen atoms in total. The second kappa shape index (κ2) is 7.99. The van der Waals surface area contributed by atoms with Crippen molar-refractivity contribution in [1.29, 1.82) is 0 Å². The molecule has 6 atom stereocenters. The van der Waals surface area contributed by atoms with Crippen molar-refractivity contribution in [3.8, 4) is 0 Å². The summed E-state index contributed by atoms with van der Waals surface area (Å²) in [5, 5.41) is 11.6. The number of carboxylic acids is 1. The van der Waals surface area contributed by atoms with Crippen LogP contribution in [-0.4, -0.2) is 56.3 Å². The van der Waals surface area contributed by atoms with Gasteiger partial charge < -0.3 is 15.3 Å². The molecule has 2 amide bonds. The van der Waals surface area contributed by atoms with Crippen LogP contribution in [0.25, 0.3) is 0 Å². The minimum Gasteiger partial charge on any atom is -0.480 e. The highest BCUT2D eigenvalue weighted by molar-refractivity contribution is 8.00. The maximum Gasteiger partial charge on any atom is 0.327 e. The van der Waals surface area contributed by atoms with E-state index in [0.717, 1.165) is 12.8 Å². The molecule has 2 N–H and O–H groups in total. The summed E-state index contributed by atoms with van der Waals surface area (Å²) >= 11 is 5.88. The number of carbonyl (C=O) groups is 3. The van der Waals surface area contributed by atoms with Crippen molar-refractivity contribution >= 4 is 42.2 Å². The molecule has 2 fully saturated rings. The summed E-state index contributed by atoms with van der Waals surface area (Å²) < 4.78 is 0. The van der Waals surface area contributed by atoms with Gasteiger partial charge in [-0.2, -0.15) is 12.6 Å². The highest BCUT2D eigenvalue weighted by atomic mass is 32.2. The van der Waals surface area contributed by atoms with E-state index in [1.54, 1.807) is 0 Å². The van der Waals surface area contributed by atoms with Crippen LogP contribution in [0.5, 0.6) is 0 Å². The lowest BCUT2D eigenvalue weighted by molar-refractivity contribution is -0.150. The number of thiol groups is 1. The number of amides is 2. The number of carbonyl (C=O) groups excluding carboxylic acids is 2. The van der Waals surface area contributed by atoms with E-state index in [9.17, 15) is 19.5 Å². The van der Waals surface area contributed by atoms with Crippen molar-refractivity contribution < 1.29 is 19.5 Å². The van der Waals surface area contributed by atoms with Crippen molar-refractivity contribution in [2.75, 3.05) is 5.75 Å². The van der Waals surface area contributed by atoms with E-state index in [1.807, 2.05) is 20.8 Å². The van der Waals surface area contributed by atoms with Crippen molar-refractivity contribution in [1.82, 2.24) is 10.2 Å². The van der Waals surface area contributed by atoms with Crippen LogP contribution in [0.2, 0.25) is 0 Å². The van der Waals surface area contributed by atoms with Crippen LogP contribution in [0.1, 0.15) is 40.0 Å². The normalized spacial score (nSPS) is 32.7. The monoisotopic (exact) mass is 374 g/mol. The van der Waals surface area contributed by atoms with E-state index in [-0.39, 0.29) is 29.0 Å². The Hall–Kier alpha value is -0.890. The molecule has 2 saturated heterocycles. The second-order valence-corrected chi connectivity index (χ2v) is 8.62. The summed E-state index contributed by atoms with van der Waals surface area (Å²) in [7, 11) is 0. The predicted molar refractivity (Wildman–Crippen MR) is 97.1 cm³/mol. The van der Waals surface area contributed by atoms with E-state index in [4.69, 9.17) is 0 Å². The van der Waals surface area contributed by atoms with Gasteiger partial charge in [-0.15, -0.1) is 11.8 Å². The molecular weight excluding hydrogens is 348 g/mol. The molecule has 0 aromatic heterocycles. The number of hydrogen-bond acceptors (Lipinski definition) is 5. The lowest BCUT2D eigenvalue weighted by Gasteiger charge is -2.29. The molecule has 0 aliphatic carbocycles. The van der Waals surface area contributed by atoms with Gasteiger partial charge in [0, 0.05) is 5.75 Å². The molecule has 2 aliphatic rings. The van der Waals surface area contributed by atoms with Crippen molar-refractivity contribution in [3.63, 3.8) is 0 Å². The topological polar surface area (TPSA) is 86.7 Å². The SMILES string of the molecule is CC[C@H](C)[C@H](S)C(=O)N[C@H]1C[C@@H](C)C[C@H]2SC[C@@H](C(=O)O)N2C1=O. The third-order valence-corrected chi connectivity index (χ3v) is 7.00. The molecule has 24 heavy (non-hydrogen) atoms. The molecule has 136 valence electrons. The number of hydrogen-bond donors (Lipinski definition) is 3. The molecule has 2 rings (SSSR count). The molecule has 0 aromatic rings. The van der Waals surface area contributed by atoms with Gasteiger partial charge in [0.25, 0.3) is 0 Å². The van der Waals surface area contributed by atoms with Crippen molar-refractivity contribution in [3.05, 3.63) is 0 Å². The first-order valence-electron chi connectivity index (χ1n) is 8.41. The third kappa shape index (κ3) is 4.02. The molecule has 0 radical (unpaired) electrons. The second-order valence-electron chi connectivity index (χ2n) is 6.86. The van der Waals surface area contributed by atoms with E-state index < -0.39 is 23.3 Å². The van der Waals surface area contributed by atoms with E-state index >= 15 is 0 Å². The number of fused-ring (bicyclic) bond motifs is 1. The fraction of sp³-hybridized carbons (Fsp3) is 0.812. The van der Waals surface area contributed by atoms with Crippen LogP contribution >= 0.6 is 24.4 Å². The zero-order chi connectivity index (χ0) is 18.0. The van der Waals surface area contributed by atoms with Gasteiger partial charge in [-0.05, 0) is 24.7 Å². The highest BCUT2D eigenvalue weighted by Crippen LogP contribution is 2.37. The number of rotatable bonds is 5. The summed E-state index contributed by atoms with van der Waals surface area (Å²) in [5.74, 6) is -0.772. The van der Waals surface area contributed by atoms with Gasteiger partial charge in [-0.3, -0.25) is 9.59 Å². The predicted octanol–water partition coefficient (Wildman–Crippen LogP) is 1.60. The Kier molecular flexibility index (Phi) is 6.47. The number of thioether (sulfide) groups is 1. The van der Waals surface area contributed by atoms with Gasteiger partial charge in [-0.25, -0.2) is 4.79 Å². The summed E-state index contributed by atoms with van der Waals surface area (Å²) in [5.41, 5.74) is 0.